The van der Waals surface area contributed by atoms with Gasteiger partial charge in [-0.25, -0.2) is 4.79 Å². The molecule has 0 bridgehead atoms. The normalized spacial score (nSPS) is 17.7. The summed E-state index contributed by atoms with van der Waals surface area (Å²) in [5, 5.41) is 12.5. The summed E-state index contributed by atoms with van der Waals surface area (Å²) in [6.45, 7) is 1.96. The number of rotatable bonds is 4. The molecule has 0 radical (unpaired) electrons. The fourth-order valence-electron chi connectivity index (χ4n) is 4.50. The van der Waals surface area contributed by atoms with E-state index in [2.05, 4.69) is 15.5 Å². The van der Waals surface area contributed by atoms with E-state index in [1.165, 1.54) is 17.2 Å². The van der Waals surface area contributed by atoms with Gasteiger partial charge in [0.05, 0.1) is 30.0 Å². The molecular formula is C23H21F3N4O3S. The SMILES string of the molecule is CC(=O)NC[C@H]1CN(c2ccc3c(c2)CCCc2c(-c4cscc4C(F)(F)F)n[nH]c2-3)C(=O)O1. The van der Waals surface area contributed by atoms with Crippen LogP contribution >= 0.6 is 11.3 Å². The molecule has 1 aliphatic heterocycles. The summed E-state index contributed by atoms with van der Waals surface area (Å²) in [6.07, 6.45) is -3.34. The Morgan fingerprint density at radius 3 is 2.88 bits per heavy atom. The van der Waals surface area contributed by atoms with Crippen molar-refractivity contribution in [3.63, 3.8) is 0 Å². The fourth-order valence-corrected chi connectivity index (χ4v) is 5.34. The van der Waals surface area contributed by atoms with Crippen LogP contribution in [0.4, 0.5) is 23.7 Å². The number of cyclic esters (lactones) is 1. The topological polar surface area (TPSA) is 87.3 Å². The van der Waals surface area contributed by atoms with Crippen molar-refractivity contribution >= 4 is 29.0 Å². The first-order valence-electron chi connectivity index (χ1n) is 10.8. The molecule has 178 valence electrons. The number of carbonyl (C=O) groups excluding carboxylic acids is 2. The molecule has 1 atom stereocenters. The Morgan fingerprint density at radius 2 is 2.12 bits per heavy atom. The molecule has 2 amide bonds. The number of aryl methyl sites for hydroxylation is 1. The first-order valence-corrected chi connectivity index (χ1v) is 11.7. The van der Waals surface area contributed by atoms with Crippen LogP contribution in [0.2, 0.25) is 0 Å². The summed E-state index contributed by atoms with van der Waals surface area (Å²) < 4.78 is 45.8. The van der Waals surface area contributed by atoms with Gasteiger partial charge < -0.3 is 10.1 Å². The number of ether oxygens (including phenoxy) is 1. The number of benzene rings is 1. The number of nitrogens with zero attached hydrogens (tertiary/aromatic N) is 2. The van der Waals surface area contributed by atoms with Crippen LogP contribution in [0.3, 0.4) is 0 Å². The molecule has 2 N–H and O–H groups in total. The van der Waals surface area contributed by atoms with Crippen molar-refractivity contribution in [1.82, 2.24) is 15.5 Å². The van der Waals surface area contributed by atoms with Gasteiger partial charge in [-0.1, -0.05) is 6.07 Å². The van der Waals surface area contributed by atoms with Gasteiger partial charge in [-0.3, -0.25) is 14.8 Å². The zero-order chi connectivity index (χ0) is 24.0. The highest BCUT2D eigenvalue weighted by molar-refractivity contribution is 7.08. The summed E-state index contributed by atoms with van der Waals surface area (Å²) in [5.41, 5.74) is 3.76. The second kappa shape index (κ2) is 8.46. The van der Waals surface area contributed by atoms with Crippen molar-refractivity contribution in [2.45, 2.75) is 38.5 Å². The molecule has 0 spiro atoms. The second-order valence-electron chi connectivity index (χ2n) is 8.37. The maximum Gasteiger partial charge on any atom is 0.417 e. The van der Waals surface area contributed by atoms with Crippen LogP contribution in [-0.2, 0) is 28.5 Å². The highest BCUT2D eigenvalue weighted by atomic mass is 32.1. The van der Waals surface area contributed by atoms with Gasteiger partial charge in [-0.15, -0.1) is 0 Å². The molecular weight excluding hydrogens is 469 g/mol. The molecule has 1 fully saturated rings. The van der Waals surface area contributed by atoms with E-state index in [4.69, 9.17) is 4.74 Å². The molecule has 7 nitrogen and oxygen atoms in total. The molecule has 1 aliphatic carbocycles. The van der Waals surface area contributed by atoms with Crippen LogP contribution in [0.5, 0.6) is 0 Å². The number of halogens is 3. The van der Waals surface area contributed by atoms with Crippen LogP contribution in [0.15, 0.2) is 29.0 Å². The molecule has 2 aliphatic rings. The van der Waals surface area contributed by atoms with E-state index in [0.717, 1.165) is 39.8 Å². The fraction of sp³-hybridized carbons (Fsp3) is 0.348. The lowest BCUT2D eigenvalue weighted by molar-refractivity contribution is -0.136. The minimum Gasteiger partial charge on any atom is -0.442 e. The highest BCUT2D eigenvalue weighted by Gasteiger charge is 2.37. The van der Waals surface area contributed by atoms with Gasteiger partial charge >= 0.3 is 12.3 Å². The minimum atomic E-state index is -4.44. The van der Waals surface area contributed by atoms with E-state index in [1.807, 2.05) is 12.1 Å². The van der Waals surface area contributed by atoms with Gasteiger partial charge in [-0.05, 0) is 37.0 Å². The van der Waals surface area contributed by atoms with Gasteiger partial charge in [0.25, 0.3) is 0 Å². The predicted octanol–water partition coefficient (Wildman–Crippen LogP) is 4.77. The number of amides is 2. The Hall–Kier alpha value is -3.34. The number of aromatic amines is 1. The van der Waals surface area contributed by atoms with Crippen LogP contribution in [0.25, 0.3) is 22.5 Å². The number of H-pyrrole nitrogens is 1. The molecule has 1 aromatic carbocycles. The Morgan fingerprint density at radius 1 is 1.29 bits per heavy atom. The third kappa shape index (κ3) is 4.04. The molecule has 34 heavy (non-hydrogen) atoms. The third-order valence-corrected chi connectivity index (χ3v) is 6.83. The average Bonchev–Trinajstić information content (AvgIpc) is 3.48. The van der Waals surface area contributed by atoms with Crippen molar-refractivity contribution in [2.75, 3.05) is 18.0 Å². The van der Waals surface area contributed by atoms with Gasteiger partial charge in [-0.2, -0.15) is 29.6 Å². The molecule has 0 unspecified atom stereocenters. The van der Waals surface area contributed by atoms with E-state index >= 15 is 0 Å². The lowest BCUT2D eigenvalue weighted by Gasteiger charge is -2.16. The molecule has 5 rings (SSSR count). The van der Waals surface area contributed by atoms with Crippen molar-refractivity contribution in [3.05, 3.63) is 45.6 Å². The maximum atomic E-state index is 13.5. The zero-order valence-electron chi connectivity index (χ0n) is 18.2. The van der Waals surface area contributed by atoms with Crippen molar-refractivity contribution in [3.8, 4) is 22.5 Å². The summed E-state index contributed by atoms with van der Waals surface area (Å²) >= 11 is 1.01. The standard InChI is InChI=1S/C23H21F3N4O3S/c1-12(31)27-8-15-9-30(22(32)33-15)14-5-6-16-13(7-14)3-2-4-17-20(16)28-29-21(17)18-10-34-11-19(18)23(24,25)26/h5-7,10-11,15H,2-4,8-9H2,1H3,(H,27,31)(H,28,29)/t15-/m0/s1. The first kappa shape index (κ1) is 22.5. The van der Waals surface area contributed by atoms with E-state index in [0.29, 0.717) is 36.5 Å². The number of anilines is 1. The number of aromatic nitrogens is 2. The van der Waals surface area contributed by atoms with Crippen LogP contribution in [0, 0.1) is 0 Å². The Bertz CT molecular complexity index is 1270. The molecule has 2 aromatic heterocycles. The van der Waals surface area contributed by atoms with Crippen LogP contribution in [-0.4, -0.2) is 41.4 Å². The number of nitrogens with one attached hydrogen (secondary N) is 2. The molecule has 3 heterocycles. The number of carbonyl (C=O) groups is 2. The highest BCUT2D eigenvalue weighted by Crippen LogP contribution is 2.43. The van der Waals surface area contributed by atoms with E-state index < -0.39 is 23.9 Å². The Kier molecular flexibility index (Phi) is 5.59. The van der Waals surface area contributed by atoms with Crippen molar-refractivity contribution in [2.24, 2.45) is 0 Å². The second-order valence-corrected chi connectivity index (χ2v) is 9.11. The molecule has 0 saturated carbocycles. The quantitative estimate of drug-likeness (QED) is 0.551. The van der Waals surface area contributed by atoms with Crippen LogP contribution < -0.4 is 10.2 Å². The number of hydrogen-bond acceptors (Lipinski definition) is 5. The first-order chi connectivity index (χ1) is 16.2. The van der Waals surface area contributed by atoms with Crippen molar-refractivity contribution < 1.29 is 27.5 Å². The van der Waals surface area contributed by atoms with Gasteiger partial charge in [0, 0.05) is 40.1 Å². The third-order valence-electron chi connectivity index (χ3n) is 6.09. The van der Waals surface area contributed by atoms with E-state index in [9.17, 15) is 22.8 Å². The monoisotopic (exact) mass is 490 g/mol. The lowest BCUT2D eigenvalue weighted by atomic mass is 9.99. The summed E-state index contributed by atoms with van der Waals surface area (Å²) in [6, 6.07) is 5.57. The number of alkyl halides is 3. The summed E-state index contributed by atoms with van der Waals surface area (Å²) in [5.74, 6) is -0.195. The Balaban J connectivity index is 1.45. The molecule has 1 saturated heterocycles. The minimum absolute atomic E-state index is 0.0973. The Labute approximate surface area is 196 Å². The number of fused-ring (bicyclic) bond motifs is 3. The maximum absolute atomic E-state index is 13.5. The predicted molar refractivity (Wildman–Crippen MR) is 121 cm³/mol. The smallest absolute Gasteiger partial charge is 0.417 e. The van der Waals surface area contributed by atoms with E-state index in [-0.39, 0.29) is 18.0 Å². The van der Waals surface area contributed by atoms with Gasteiger partial charge in [0.15, 0.2) is 0 Å². The van der Waals surface area contributed by atoms with E-state index in [1.54, 1.807) is 6.07 Å². The largest absolute Gasteiger partial charge is 0.442 e. The van der Waals surface area contributed by atoms with Gasteiger partial charge in [0.1, 0.15) is 6.10 Å². The van der Waals surface area contributed by atoms with Crippen molar-refractivity contribution in [1.29, 1.82) is 0 Å². The number of thiophene rings is 1. The lowest BCUT2D eigenvalue weighted by Crippen LogP contribution is -2.33. The number of hydrogen-bond donors (Lipinski definition) is 2. The summed E-state index contributed by atoms with van der Waals surface area (Å²) in [7, 11) is 0. The van der Waals surface area contributed by atoms with Gasteiger partial charge in [0.2, 0.25) is 5.91 Å². The molecule has 11 heteroatoms. The molecule has 3 aromatic rings. The average molecular weight is 491 g/mol. The van der Waals surface area contributed by atoms with Crippen LogP contribution in [0.1, 0.15) is 30.0 Å². The zero-order valence-corrected chi connectivity index (χ0v) is 19.0. The summed E-state index contributed by atoms with van der Waals surface area (Å²) in [4.78, 5) is 25.1.